The molecular formula is C53H71N7O7S3. The van der Waals surface area contributed by atoms with Crippen molar-refractivity contribution in [3.8, 4) is 23.7 Å². The average Bonchev–Trinajstić information content (AvgIpc) is 3.66. The first-order valence-electron chi connectivity index (χ1n) is 24.3. The number of fused-ring (bicyclic) bond motifs is 2. The van der Waals surface area contributed by atoms with Crippen LogP contribution in [0.15, 0.2) is 60.7 Å². The second-order valence-corrected chi connectivity index (χ2v) is 23.0. The molecule has 11 atom stereocenters. The SMILES string of the molecule is CN[C@@H](C)C(=O)N[C@H]1CCSC2CC(C)(C)[C@@H](C(=O)N[C@H](COCC#CC#CCOCC(NC(=O)[C@H]3N4C(=O)[C@@H](NC(=S)[C@H](C)NC)CCSC4CC3(C)C)c3ccccc3)c3ccccc3)C2C1=O. The van der Waals surface area contributed by atoms with Gasteiger partial charge in [0.1, 0.15) is 25.3 Å². The third-order valence-electron chi connectivity index (χ3n) is 14.0. The first-order valence-corrected chi connectivity index (χ1v) is 26.8. The zero-order valence-electron chi connectivity index (χ0n) is 41.7. The van der Waals surface area contributed by atoms with Crippen LogP contribution in [0, 0.1) is 46.3 Å². The lowest BCUT2D eigenvalue weighted by atomic mass is 9.75. The molecule has 17 heteroatoms. The normalized spacial score (nSPS) is 26.2. The van der Waals surface area contributed by atoms with Crippen molar-refractivity contribution in [1.29, 1.82) is 0 Å². The molecule has 3 aliphatic heterocycles. The fourth-order valence-electron chi connectivity index (χ4n) is 10.0. The molecule has 4 fully saturated rings. The number of rotatable bonds is 18. The van der Waals surface area contributed by atoms with Crippen LogP contribution in [0.1, 0.15) is 90.4 Å². The minimum atomic E-state index is -0.696. The molecule has 6 rings (SSSR count). The van der Waals surface area contributed by atoms with Crippen LogP contribution in [0.2, 0.25) is 0 Å². The van der Waals surface area contributed by atoms with Crippen LogP contribution < -0.4 is 31.9 Å². The minimum Gasteiger partial charge on any atom is -0.367 e. The van der Waals surface area contributed by atoms with E-state index in [2.05, 4.69) is 69.4 Å². The zero-order valence-corrected chi connectivity index (χ0v) is 44.2. The Kier molecular flexibility index (Phi) is 19.8. The van der Waals surface area contributed by atoms with E-state index in [1.54, 1.807) is 42.4 Å². The highest BCUT2D eigenvalue weighted by atomic mass is 32.2. The maximum Gasteiger partial charge on any atom is 0.246 e. The van der Waals surface area contributed by atoms with Crippen LogP contribution in [-0.2, 0) is 33.4 Å². The molecule has 4 unspecified atom stereocenters. The van der Waals surface area contributed by atoms with E-state index in [0.29, 0.717) is 30.7 Å². The van der Waals surface area contributed by atoms with Gasteiger partial charge in [0.15, 0.2) is 5.78 Å². The number of thiocarbonyl (C=S) groups is 1. The number of nitrogens with zero attached hydrogens (tertiary/aromatic N) is 1. The van der Waals surface area contributed by atoms with Crippen molar-refractivity contribution in [3.63, 3.8) is 0 Å². The molecule has 0 radical (unpaired) electrons. The summed E-state index contributed by atoms with van der Waals surface area (Å²) in [4.78, 5) is 72.3. The molecule has 2 aromatic rings. The number of amides is 4. The molecule has 3 saturated heterocycles. The molecule has 0 bridgehead atoms. The van der Waals surface area contributed by atoms with Gasteiger partial charge in [-0.3, -0.25) is 24.0 Å². The predicted molar refractivity (Wildman–Crippen MR) is 281 cm³/mol. The Hall–Kier alpha value is -4.46. The van der Waals surface area contributed by atoms with Gasteiger partial charge in [0.2, 0.25) is 23.6 Å². The maximum atomic E-state index is 14.4. The monoisotopic (exact) mass is 1010 g/mol. The maximum absolute atomic E-state index is 14.4. The number of benzene rings is 2. The van der Waals surface area contributed by atoms with Crippen molar-refractivity contribution in [3.05, 3.63) is 71.8 Å². The van der Waals surface area contributed by atoms with Crippen molar-refractivity contribution >= 4 is 70.1 Å². The van der Waals surface area contributed by atoms with Gasteiger partial charge in [-0.25, -0.2) is 0 Å². The summed E-state index contributed by atoms with van der Waals surface area (Å²) in [5.74, 6) is 11.0. The molecule has 6 N–H and O–H groups in total. The largest absolute Gasteiger partial charge is 0.367 e. The molecule has 0 spiro atoms. The molecule has 378 valence electrons. The average molecular weight is 1010 g/mol. The quantitative estimate of drug-likeness (QED) is 0.0697. The van der Waals surface area contributed by atoms with E-state index in [1.165, 1.54) is 0 Å². The van der Waals surface area contributed by atoms with Crippen molar-refractivity contribution in [2.45, 2.75) is 120 Å². The lowest BCUT2D eigenvalue weighted by Gasteiger charge is -2.35. The highest BCUT2D eigenvalue weighted by Gasteiger charge is 2.57. The van der Waals surface area contributed by atoms with Gasteiger partial charge in [0, 0.05) is 11.2 Å². The molecule has 1 saturated carbocycles. The van der Waals surface area contributed by atoms with Gasteiger partial charge in [0.05, 0.1) is 59.7 Å². The molecule has 1 aliphatic carbocycles. The summed E-state index contributed by atoms with van der Waals surface area (Å²) < 4.78 is 12.0. The topological polar surface area (TPSA) is 179 Å². The predicted octanol–water partition coefficient (Wildman–Crippen LogP) is 4.55. The summed E-state index contributed by atoms with van der Waals surface area (Å²) in [5.41, 5.74) is 0.792. The van der Waals surface area contributed by atoms with Gasteiger partial charge in [-0.1, -0.05) is 112 Å². The van der Waals surface area contributed by atoms with Gasteiger partial charge >= 0.3 is 0 Å². The summed E-state index contributed by atoms with van der Waals surface area (Å²) in [5, 5.41) is 18.6. The van der Waals surface area contributed by atoms with E-state index in [4.69, 9.17) is 21.7 Å². The number of nitrogens with one attached hydrogen (secondary N) is 6. The first-order chi connectivity index (χ1) is 33.5. The highest BCUT2D eigenvalue weighted by Crippen LogP contribution is 2.53. The highest BCUT2D eigenvalue weighted by molar-refractivity contribution is 8.00. The number of hydrogen-bond donors (Lipinski definition) is 6. The van der Waals surface area contributed by atoms with Crippen LogP contribution >= 0.6 is 35.7 Å². The van der Waals surface area contributed by atoms with Gasteiger partial charge in [-0.15, -0.1) is 11.8 Å². The fraction of sp³-hybridized carbons (Fsp3) is 0.585. The van der Waals surface area contributed by atoms with E-state index in [0.717, 1.165) is 22.6 Å². The van der Waals surface area contributed by atoms with Gasteiger partial charge in [0.25, 0.3) is 0 Å². The number of ketones is 1. The lowest BCUT2D eigenvalue weighted by Crippen LogP contribution is -2.58. The summed E-state index contributed by atoms with van der Waals surface area (Å²) in [7, 11) is 3.53. The van der Waals surface area contributed by atoms with Crippen molar-refractivity contribution in [2.24, 2.45) is 22.7 Å². The second kappa shape index (κ2) is 25.3. The van der Waals surface area contributed by atoms with E-state index in [-0.39, 0.29) is 72.5 Å². The number of likely N-dealkylation sites (N-methyl/N-ethyl adjacent to an activating group) is 2. The summed E-state index contributed by atoms with van der Waals surface area (Å²) in [6.45, 7) is 12.3. The van der Waals surface area contributed by atoms with Crippen LogP contribution in [0.3, 0.4) is 0 Å². The van der Waals surface area contributed by atoms with Crippen LogP contribution in [0.5, 0.6) is 0 Å². The first kappa shape index (κ1) is 54.9. The fourth-order valence-corrected chi connectivity index (χ4v) is 13.6. The van der Waals surface area contributed by atoms with E-state index < -0.39 is 58.9 Å². The Morgan fingerprint density at radius 2 is 1.29 bits per heavy atom. The van der Waals surface area contributed by atoms with Crippen LogP contribution in [0.25, 0.3) is 0 Å². The smallest absolute Gasteiger partial charge is 0.246 e. The molecule has 3 heterocycles. The van der Waals surface area contributed by atoms with Crippen LogP contribution in [-0.4, -0.2) is 132 Å². The number of thioether (sulfide) groups is 2. The standard InChI is InChI=1S/C53H71N7O7S3/c1-33(54-7)47(62)56-37-23-27-69-41-29-52(3,4)44(43(41)45(37)61)48(63)57-39(35-19-13-11-14-20-35)31-66-25-17-9-10-18-26-67-32-40(36-21-15-12-16-22-36)58-49(64)46-53(5,6)30-42-60(46)51(65)38(24-28-70-42)59-50(68)34(2)55-8/h11-16,19-22,33-34,37-44,46,54-55H,23-32H2,1-8H3,(H,56,62)(H,57,63)(H,58,64)(H,59,68)/t33-,34-,37-,38-,39+,40?,41?,42?,43?,44+,46+/m0/s1. The van der Waals surface area contributed by atoms with Gasteiger partial charge in [-0.05, 0) is 98.9 Å². The Bertz CT molecular complexity index is 2140. The van der Waals surface area contributed by atoms with E-state index >= 15 is 0 Å². The van der Waals surface area contributed by atoms with Crippen molar-refractivity contribution in [1.82, 2.24) is 36.8 Å². The molecule has 0 aromatic heterocycles. The lowest BCUT2D eigenvalue weighted by molar-refractivity contribution is -0.142. The van der Waals surface area contributed by atoms with Crippen molar-refractivity contribution < 1.29 is 33.4 Å². The zero-order chi connectivity index (χ0) is 50.6. The molecule has 2 aromatic carbocycles. The Morgan fingerprint density at radius 3 is 1.86 bits per heavy atom. The Labute approximate surface area is 428 Å². The summed E-state index contributed by atoms with van der Waals surface area (Å²) in [6, 6.07) is 15.8. The number of hydrogen-bond acceptors (Lipinski definition) is 12. The third-order valence-corrected chi connectivity index (χ3v) is 17.1. The van der Waals surface area contributed by atoms with Gasteiger partial charge < -0.3 is 46.3 Å². The number of carbonyl (C=O) groups is 5. The molecular weight excluding hydrogens is 943 g/mol. The van der Waals surface area contributed by atoms with Crippen LogP contribution in [0.4, 0.5) is 0 Å². The minimum absolute atomic E-state index is 0.0227. The van der Waals surface area contributed by atoms with E-state index in [1.807, 2.05) is 88.5 Å². The molecule has 70 heavy (non-hydrogen) atoms. The Morgan fingerprint density at radius 1 is 0.743 bits per heavy atom. The van der Waals surface area contributed by atoms with Crippen molar-refractivity contribution in [2.75, 3.05) is 52.0 Å². The molecule has 14 nitrogen and oxygen atoms in total. The van der Waals surface area contributed by atoms with Gasteiger partial charge in [-0.2, -0.15) is 11.8 Å². The number of ether oxygens (including phenoxy) is 2. The Balaban J connectivity index is 1.04. The molecule has 4 amide bonds. The van der Waals surface area contributed by atoms with E-state index in [9.17, 15) is 24.0 Å². The summed E-state index contributed by atoms with van der Waals surface area (Å²) in [6.07, 6.45) is 2.54. The molecule has 4 aliphatic rings. The summed E-state index contributed by atoms with van der Waals surface area (Å²) >= 11 is 9.03. The second-order valence-electron chi connectivity index (χ2n) is 20.0. The number of Topliss-reactive ketones (excluding diaryl/α,β-unsaturated/α-hetero) is 1. The number of carbonyl (C=O) groups excluding carboxylic acids is 5. The third kappa shape index (κ3) is 13.7.